The molecule has 1 aliphatic carbocycles. The van der Waals surface area contributed by atoms with Gasteiger partial charge in [0.1, 0.15) is 0 Å². The van der Waals surface area contributed by atoms with Gasteiger partial charge in [-0.15, -0.1) is 0 Å². The summed E-state index contributed by atoms with van der Waals surface area (Å²) in [6.45, 7) is 4.06. The zero-order valence-electron chi connectivity index (χ0n) is 9.35. The molecule has 0 radical (unpaired) electrons. The number of rotatable bonds is 4. The second-order valence-corrected chi connectivity index (χ2v) is 7.64. The molecule has 1 aromatic rings. The summed E-state index contributed by atoms with van der Waals surface area (Å²) in [5.41, 5.74) is 0.801. The Hall–Kier alpha value is -0.550. The smallest absolute Gasteiger partial charge is 0.238 e. The maximum atomic E-state index is 11.4. The summed E-state index contributed by atoms with van der Waals surface area (Å²) >= 11 is 0. The van der Waals surface area contributed by atoms with Crippen LogP contribution in [0.15, 0.2) is 12.3 Å². The molecule has 0 N–H and O–H groups in total. The predicted octanol–water partition coefficient (Wildman–Crippen LogP) is 2.11. The van der Waals surface area contributed by atoms with E-state index in [1.165, 1.54) is 0 Å². The van der Waals surface area contributed by atoms with E-state index in [-0.39, 0.29) is 6.04 Å². The van der Waals surface area contributed by atoms with Crippen molar-refractivity contribution in [3.63, 3.8) is 0 Å². The van der Waals surface area contributed by atoms with Crippen LogP contribution in [0.3, 0.4) is 0 Å². The maximum absolute atomic E-state index is 11.4. The first-order valence-electron chi connectivity index (χ1n) is 5.32. The standard InChI is InChI=1S/C10H15ClN2O2S/c1-8(2)13-6-3-9(12-13)7-10(4-5-10)16(11,14)15/h3,6,8H,4-5,7H2,1-2H3. The summed E-state index contributed by atoms with van der Waals surface area (Å²) < 4.78 is 23.9. The van der Waals surface area contributed by atoms with Gasteiger partial charge in [0.2, 0.25) is 9.05 Å². The molecule has 16 heavy (non-hydrogen) atoms. The minimum Gasteiger partial charge on any atom is -0.270 e. The van der Waals surface area contributed by atoms with E-state index in [1.54, 1.807) is 0 Å². The zero-order chi connectivity index (χ0) is 12.0. The number of aromatic nitrogens is 2. The van der Waals surface area contributed by atoms with Gasteiger partial charge in [0.05, 0.1) is 10.4 Å². The molecule has 4 nitrogen and oxygen atoms in total. The maximum Gasteiger partial charge on any atom is 0.238 e. The van der Waals surface area contributed by atoms with Crippen LogP contribution >= 0.6 is 10.7 Å². The molecule has 90 valence electrons. The summed E-state index contributed by atoms with van der Waals surface area (Å²) in [5.74, 6) is 0. The average Bonchev–Trinajstić information content (AvgIpc) is 2.76. The quantitative estimate of drug-likeness (QED) is 0.781. The molecular weight excluding hydrogens is 248 g/mol. The van der Waals surface area contributed by atoms with Gasteiger partial charge in [-0.3, -0.25) is 4.68 Å². The van der Waals surface area contributed by atoms with Crippen molar-refractivity contribution in [2.45, 2.75) is 43.9 Å². The molecule has 0 bridgehead atoms. The van der Waals surface area contributed by atoms with Crippen LogP contribution in [0.25, 0.3) is 0 Å². The van der Waals surface area contributed by atoms with Crippen molar-refractivity contribution in [3.05, 3.63) is 18.0 Å². The molecule has 0 atom stereocenters. The average molecular weight is 263 g/mol. The molecule has 0 saturated heterocycles. The van der Waals surface area contributed by atoms with E-state index in [4.69, 9.17) is 10.7 Å². The number of halogens is 1. The molecule has 1 saturated carbocycles. The Morgan fingerprint density at radius 3 is 2.56 bits per heavy atom. The van der Waals surface area contributed by atoms with Crippen LogP contribution in [-0.2, 0) is 15.5 Å². The molecule has 0 aliphatic heterocycles. The Kier molecular flexibility index (Phi) is 2.78. The summed E-state index contributed by atoms with van der Waals surface area (Å²) in [6, 6.07) is 2.15. The monoisotopic (exact) mass is 262 g/mol. The normalized spacial score (nSPS) is 19.0. The van der Waals surface area contributed by atoms with Gasteiger partial charge in [-0.2, -0.15) is 5.10 Å². The highest BCUT2D eigenvalue weighted by atomic mass is 35.7. The van der Waals surface area contributed by atoms with Crippen molar-refractivity contribution in [1.82, 2.24) is 9.78 Å². The molecule has 1 heterocycles. The largest absolute Gasteiger partial charge is 0.270 e. The molecule has 2 rings (SSSR count). The second-order valence-electron chi connectivity index (χ2n) is 4.68. The van der Waals surface area contributed by atoms with E-state index < -0.39 is 13.8 Å². The van der Waals surface area contributed by atoms with E-state index in [0.717, 1.165) is 5.69 Å². The van der Waals surface area contributed by atoms with Crippen molar-refractivity contribution in [2.75, 3.05) is 0 Å². The van der Waals surface area contributed by atoms with Crippen LogP contribution in [0.2, 0.25) is 0 Å². The van der Waals surface area contributed by atoms with Gasteiger partial charge >= 0.3 is 0 Å². The Morgan fingerprint density at radius 1 is 1.56 bits per heavy atom. The predicted molar refractivity (Wildman–Crippen MR) is 63.1 cm³/mol. The molecule has 1 aromatic heterocycles. The number of hydrogen-bond acceptors (Lipinski definition) is 3. The van der Waals surface area contributed by atoms with Gasteiger partial charge in [0, 0.05) is 29.3 Å². The Balaban J connectivity index is 2.16. The third-order valence-electron chi connectivity index (χ3n) is 3.02. The lowest BCUT2D eigenvalue weighted by Crippen LogP contribution is -2.21. The third-order valence-corrected chi connectivity index (χ3v) is 5.59. The van der Waals surface area contributed by atoms with E-state index in [1.807, 2.05) is 30.8 Å². The van der Waals surface area contributed by atoms with Gasteiger partial charge in [0.25, 0.3) is 0 Å². The summed E-state index contributed by atoms with van der Waals surface area (Å²) in [6.07, 6.45) is 3.59. The van der Waals surface area contributed by atoms with Crippen molar-refractivity contribution < 1.29 is 8.42 Å². The van der Waals surface area contributed by atoms with Gasteiger partial charge in [0.15, 0.2) is 0 Å². The van der Waals surface area contributed by atoms with E-state index in [9.17, 15) is 8.42 Å². The van der Waals surface area contributed by atoms with Crippen molar-refractivity contribution in [3.8, 4) is 0 Å². The number of nitrogens with zero attached hydrogens (tertiary/aromatic N) is 2. The minimum atomic E-state index is -3.48. The first kappa shape index (κ1) is 11.9. The lowest BCUT2D eigenvalue weighted by molar-refractivity contribution is 0.524. The topological polar surface area (TPSA) is 52.0 Å². The zero-order valence-corrected chi connectivity index (χ0v) is 10.9. The van der Waals surface area contributed by atoms with Crippen LogP contribution in [0.1, 0.15) is 38.4 Å². The first-order chi connectivity index (χ1) is 7.34. The third kappa shape index (κ3) is 2.11. The van der Waals surface area contributed by atoms with Gasteiger partial charge < -0.3 is 0 Å². The molecular formula is C10H15ClN2O2S. The second kappa shape index (κ2) is 3.74. The highest BCUT2D eigenvalue weighted by Crippen LogP contribution is 2.47. The fourth-order valence-corrected chi connectivity index (χ4v) is 3.27. The molecule has 6 heteroatoms. The molecule has 0 aromatic carbocycles. The molecule has 1 fully saturated rings. The van der Waals surface area contributed by atoms with Crippen molar-refractivity contribution >= 4 is 19.7 Å². The molecule has 0 unspecified atom stereocenters. The summed E-state index contributed by atoms with van der Waals surface area (Å²) in [5, 5.41) is 4.34. The fraction of sp³-hybridized carbons (Fsp3) is 0.700. The Morgan fingerprint density at radius 2 is 2.19 bits per heavy atom. The van der Waals surface area contributed by atoms with Crippen LogP contribution in [-0.4, -0.2) is 22.9 Å². The van der Waals surface area contributed by atoms with Crippen LogP contribution in [0.5, 0.6) is 0 Å². The lowest BCUT2D eigenvalue weighted by atomic mass is 10.2. The highest BCUT2D eigenvalue weighted by molar-refractivity contribution is 8.15. The highest BCUT2D eigenvalue weighted by Gasteiger charge is 2.54. The molecule has 0 amide bonds. The van der Waals surface area contributed by atoms with Crippen LogP contribution < -0.4 is 0 Å². The summed E-state index contributed by atoms with van der Waals surface area (Å²) in [7, 11) is 1.97. The van der Waals surface area contributed by atoms with Crippen molar-refractivity contribution in [1.29, 1.82) is 0 Å². The SMILES string of the molecule is CC(C)n1ccc(CC2(S(=O)(=O)Cl)CC2)n1. The Bertz CT molecular complexity index is 489. The van der Waals surface area contributed by atoms with Gasteiger partial charge in [-0.05, 0) is 32.8 Å². The van der Waals surface area contributed by atoms with Crippen LogP contribution in [0, 0.1) is 0 Å². The van der Waals surface area contributed by atoms with Gasteiger partial charge in [-0.1, -0.05) is 0 Å². The molecule has 0 spiro atoms. The van der Waals surface area contributed by atoms with Gasteiger partial charge in [-0.25, -0.2) is 8.42 Å². The van der Waals surface area contributed by atoms with E-state index >= 15 is 0 Å². The Labute approximate surface area is 100 Å². The number of hydrogen-bond donors (Lipinski definition) is 0. The van der Waals surface area contributed by atoms with E-state index in [0.29, 0.717) is 19.3 Å². The first-order valence-corrected chi connectivity index (χ1v) is 7.63. The molecule has 1 aliphatic rings. The lowest BCUT2D eigenvalue weighted by Gasteiger charge is -2.09. The van der Waals surface area contributed by atoms with Crippen molar-refractivity contribution in [2.24, 2.45) is 0 Å². The minimum absolute atomic E-state index is 0.288. The fourth-order valence-electron chi connectivity index (χ4n) is 1.74. The summed E-state index contributed by atoms with van der Waals surface area (Å²) in [4.78, 5) is 0. The van der Waals surface area contributed by atoms with Crippen LogP contribution in [0.4, 0.5) is 0 Å². The van der Waals surface area contributed by atoms with E-state index in [2.05, 4.69) is 5.10 Å².